The Bertz CT molecular complexity index is 770. The van der Waals surface area contributed by atoms with Gasteiger partial charge in [-0.25, -0.2) is 0 Å². The van der Waals surface area contributed by atoms with Gasteiger partial charge in [0.25, 0.3) is 11.8 Å². The smallest absolute Gasteiger partial charge is 0.273 e. The average Bonchev–Trinajstić information content (AvgIpc) is 2.69. The molecule has 0 fully saturated rings. The second kappa shape index (κ2) is 9.88. The summed E-state index contributed by atoms with van der Waals surface area (Å²) in [5.41, 5.74) is 5.93. The molecule has 0 unspecified atom stereocenters. The third-order valence-electron chi connectivity index (χ3n) is 3.44. The van der Waals surface area contributed by atoms with E-state index in [0.717, 1.165) is 17.7 Å². The zero-order valence-electron chi connectivity index (χ0n) is 14.8. The fourth-order valence-electron chi connectivity index (χ4n) is 2.11. The van der Waals surface area contributed by atoms with E-state index in [1.807, 2.05) is 19.1 Å². The molecule has 0 atom stereocenters. The maximum Gasteiger partial charge on any atom is 0.273 e. The fraction of sp³-hybridized carbons (Fsp3) is 0.200. The van der Waals surface area contributed by atoms with E-state index in [0.29, 0.717) is 17.9 Å². The highest BCUT2D eigenvalue weighted by molar-refractivity contribution is 5.99. The van der Waals surface area contributed by atoms with Crippen molar-refractivity contribution in [2.75, 3.05) is 13.7 Å². The average molecular weight is 354 g/mol. The van der Waals surface area contributed by atoms with E-state index < -0.39 is 11.8 Å². The molecular weight excluding hydrogens is 332 g/mol. The number of ether oxygens (including phenoxy) is 2. The van der Waals surface area contributed by atoms with Gasteiger partial charge in [-0.05, 0) is 42.3 Å². The Balaban J connectivity index is 1.90. The first-order valence-corrected chi connectivity index (χ1v) is 8.28. The first kappa shape index (κ1) is 19.1. The van der Waals surface area contributed by atoms with Crippen molar-refractivity contribution in [2.24, 2.45) is 0 Å². The summed E-state index contributed by atoms with van der Waals surface area (Å²) in [6, 6.07) is 14.1. The fourth-order valence-corrected chi connectivity index (χ4v) is 2.11. The van der Waals surface area contributed by atoms with Crippen molar-refractivity contribution in [3.05, 3.63) is 65.7 Å². The molecule has 0 spiro atoms. The lowest BCUT2D eigenvalue weighted by Crippen LogP contribution is -2.40. The normalized spacial score (nSPS) is 10.4. The molecule has 2 rings (SSSR count). The molecule has 0 aliphatic heterocycles. The van der Waals surface area contributed by atoms with Gasteiger partial charge in [0.2, 0.25) is 0 Å². The number of nitrogens with one attached hydrogen (secondary N) is 2. The summed E-state index contributed by atoms with van der Waals surface area (Å²) in [7, 11) is 1.59. The van der Waals surface area contributed by atoms with E-state index in [1.165, 1.54) is 6.08 Å². The summed E-state index contributed by atoms with van der Waals surface area (Å²) < 4.78 is 10.6. The van der Waals surface area contributed by atoms with Gasteiger partial charge in [0.1, 0.15) is 11.5 Å². The lowest BCUT2D eigenvalue weighted by molar-refractivity contribution is -0.117. The second-order valence-corrected chi connectivity index (χ2v) is 5.39. The summed E-state index contributed by atoms with van der Waals surface area (Å²) in [4.78, 5) is 24.1. The minimum Gasteiger partial charge on any atom is -0.497 e. The summed E-state index contributed by atoms with van der Waals surface area (Å²) in [5.74, 6) is 0.335. The summed E-state index contributed by atoms with van der Waals surface area (Å²) >= 11 is 0. The second-order valence-electron chi connectivity index (χ2n) is 5.39. The molecule has 0 saturated heterocycles. The molecule has 0 heterocycles. The number of hydrogen-bond acceptors (Lipinski definition) is 4. The van der Waals surface area contributed by atoms with Crippen molar-refractivity contribution in [2.45, 2.75) is 13.3 Å². The van der Waals surface area contributed by atoms with Gasteiger partial charge in [-0.3, -0.25) is 20.4 Å². The van der Waals surface area contributed by atoms with E-state index in [9.17, 15) is 9.59 Å². The predicted octanol–water partition coefficient (Wildman–Crippen LogP) is 2.96. The van der Waals surface area contributed by atoms with Gasteiger partial charge in [0.05, 0.1) is 19.3 Å². The topological polar surface area (TPSA) is 76.7 Å². The molecule has 0 saturated carbocycles. The first-order valence-electron chi connectivity index (χ1n) is 8.28. The molecule has 6 heteroatoms. The first-order chi connectivity index (χ1) is 12.6. The lowest BCUT2D eigenvalue weighted by Gasteiger charge is -2.11. The highest BCUT2D eigenvalue weighted by atomic mass is 16.5. The molecule has 0 bridgehead atoms. The van der Waals surface area contributed by atoms with Gasteiger partial charge in [-0.2, -0.15) is 0 Å². The number of hydrazine groups is 1. The Morgan fingerprint density at radius 3 is 2.46 bits per heavy atom. The predicted molar refractivity (Wildman–Crippen MR) is 99.9 cm³/mol. The number of methoxy groups -OCH3 is 1. The zero-order valence-corrected chi connectivity index (χ0v) is 14.8. The van der Waals surface area contributed by atoms with Crippen molar-refractivity contribution >= 4 is 17.9 Å². The summed E-state index contributed by atoms with van der Waals surface area (Å²) in [6.45, 7) is 2.50. The Kier molecular flexibility index (Phi) is 7.24. The molecule has 2 aromatic carbocycles. The Morgan fingerprint density at radius 2 is 1.77 bits per heavy atom. The highest BCUT2D eigenvalue weighted by Crippen LogP contribution is 2.17. The maximum atomic E-state index is 12.2. The van der Waals surface area contributed by atoms with Crippen LogP contribution < -0.4 is 20.3 Å². The monoisotopic (exact) mass is 354 g/mol. The van der Waals surface area contributed by atoms with Crippen LogP contribution >= 0.6 is 0 Å². The zero-order chi connectivity index (χ0) is 18.8. The summed E-state index contributed by atoms with van der Waals surface area (Å²) in [5, 5.41) is 0. The molecule has 0 radical (unpaired) electrons. The summed E-state index contributed by atoms with van der Waals surface area (Å²) in [6.07, 6.45) is 3.81. The molecule has 6 nitrogen and oxygen atoms in total. The van der Waals surface area contributed by atoms with Gasteiger partial charge < -0.3 is 9.47 Å². The van der Waals surface area contributed by atoms with Crippen LogP contribution in [0, 0.1) is 0 Å². The largest absolute Gasteiger partial charge is 0.497 e. The number of carbonyl (C=O) groups is 2. The SMILES string of the molecule is CCCOc1ccccc1C(=O)NNC(=O)C=Cc1ccc(OC)cc1. The Labute approximate surface area is 152 Å². The molecule has 136 valence electrons. The van der Waals surface area contributed by atoms with Crippen molar-refractivity contribution < 1.29 is 19.1 Å². The van der Waals surface area contributed by atoms with Crippen molar-refractivity contribution in [3.63, 3.8) is 0 Å². The maximum absolute atomic E-state index is 12.2. The molecular formula is C20H22N2O4. The third-order valence-corrected chi connectivity index (χ3v) is 3.44. The van der Waals surface area contributed by atoms with Crippen LogP contribution in [0.1, 0.15) is 29.3 Å². The van der Waals surface area contributed by atoms with Crippen LogP contribution in [0.25, 0.3) is 6.08 Å². The van der Waals surface area contributed by atoms with Gasteiger partial charge in [-0.15, -0.1) is 0 Å². The van der Waals surface area contributed by atoms with Gasteiger partial charge >= 0.3 is 0 Å². The minimum absolute atomic E-state index is 0.361. The van der Waals surface area contributed by atoms with Crippen LogP contribution in [0.15, 0.2) is 54.6 Å². The van der Waals surface area contributed by atoms with Crippen molar-refractivity contribution in [3.8, 4) is 11.5 Å². The standard InChI is InChI=1S/C20H22N2O4/c1-3-14-26-18-7-5-4-6-17(18)20(24)22-21-19(23)13-10-15-8-11-16(25-2)12-9-15/h4-13H,3,14H2,1-2H3,(H,21,23)(H,22,24). The lowest BCUT2D eigenvalue weighted by atomic mass is 10.2. The molecule has 2 amide bonds. The van der Waals surface area contributed by atoms with Crippen LogP contribution in [0.5, 0.6) is 11.5 Å². The van der Waals surface area contributed by atoms with Gasteiger partial charge in [0.15, 0.2) is 0 Å². The minimum atomic E-state index is -0.443. The van der Waals surface area contributed by atoms with E-state index in [-0.39, 0.29) is 0 Å². The molecule has 26 heavy (non-hydrogen) atoms. The van der Waals surface area contributed by atoms with E-state index in [4.69, 9.17) is 9.47 Å². The third kappa shape index (κ3) is 5.66. The molecule has 2 aromatic rings. The number of hydrogen-bond donors (Lipinski definition) is 2. The number of para-hydroxylation sites is 1. The van der Waals surface area contributed by atoms with Crippen LogP contribution in [-0.4, -0.2) is 25.5 Å². The Hall–Kier alpha value is -3.28. The van der Waals surface area contributed by atoms with Crippen LogP contribution in [0.2, 0.25) is 0 Å². The molecule has 2 N–H and O–H groups in total. The molecule has 0 aliphatic rings. The number of rotatable bonds is 7. The van der Waals surface area contributed by atoms with Crippen molar-refractivity contribution in [1.82, 2.24) is 10.9 Å². The van der Waals surface area contributed by atoms with Crippen LogP contribution in [0.4, 0.5) is 0 Å². The quantitative estimate of drug-likeness (QED) is 0.592. The van der Waals surface area contributed by atoms with Crippen molar-refractivity contribution in [1.29, 1.82) is 0 Å². The van der Waals surface area contributed by atoms with E-state index in [2.05, 4.69) is 10.9 Å². The molecule has 0 aliphatic carbocycles. The number of benzene rings is 2. The van der Waals surface area contributed by atoms with Crippen LogP contribution in [-0.2, 0) is 4.79 Å². The van der Waals surface area contributed by atoms with Crippen LogP contribution in [0.3, 0.4) is 0 Å². The highest BCUT2D eigenvalue weighted by Gasteiger charge is 2.12. The number of carbonyl (C=O) groups excluding carboxylic acids is 2. The van der Waals surface area contributed by atoms with E-state index in [1.54, 1.807) is 49.6 Å². The number of amides is 2. The molecule has 0 aromatic heterocycles. The Morgan fingerprint density at radius 1 is 1.04 bits per heavy atom. The van der Waals surface area contributed by atoms with Gasteiger partial charge in [0, 0.05) is 6.08 Å². The van der Waals surface area contributed by atoms with Gasteiger partial charge in [-0.1, -0.05) is 31.2 Å². The van der Waals surface area contributed by atoms with E-state index >= 15 is 0 Å².